The van der Waals surface area contributed by atoms with Gasteiger partial charge in [0.1, 0.15) is 22.9 Å². The zero-order chi connectivity index (χ0) is 15.9. The molecular formula is C15H13BrN4O2. The van der Waals surface area contributed by atoms with E-state index in [4.69, 9.17) is 10.00 Å². The number of carbonyl (C=O) groups is 1. The number of amides is 1. The van der Waals surface area contributed by atoms with Crippen LogP contribution in [0.5, 0.6) is 5.88 Å². The van der Waals surface area contributed by atoms with Crippen LogP contribution in [-0.4, -0.2) is 21.9 Å². The minimum atomic E-state index is -0.556. The molecule has 1 amide bonds. The van der Waals surface area contributed by atoms with Crippen molar-refractivity contribution in [2.24, 2.45) is 0 Å². The van der Waals surface area contributed by atoms with Crippen molar-refractivity contribution in [3.05, 3.63) is 52.4 Å². The maximum Gasteiger partial charge on any atom is 0.270 e. The molecule has 2 heterocycles. The van der Waals surface area contributed by atoms with Gasteiger partial charge in [0.05, 0.1) is 6.07 Å². The number of hydrogen-bond acceptors (Lipinski definition) is 5. The Bertz CT molecular complexity index is 697. The van der Waals surface area contributed by atoms with Gasteiger partial charge in [-0.2, -0.15) is 5.26 Å². The summed E-state index contributed by atoms with van der Waals surface area (Å²) in [7, 11) is 0. The highest BCUT2D eigenvalue weighted by Gasteiger charge is 2.10. The molecule has 0 aromatic carbocycles. The first-order valence-corrected chi connectivity index (χ1v) is 7.28. The van der Waals surface area contributed by atoms with Crippen molar-refractivity contribution in [1.82, 2.24) is 15.3 Å². The summed E-state index contributed by atoms with van der Waals surface area (Å²) in [4.78, 5) is 20.0. The Morgan fingerprint density at radius 2 is 2.27 bits per heavy atom. The van der Waals surface area contributed by atoms with Gasteiger partial charge in [-0.25, -0.2) is 4.98 Å². The number of pyridine rings is 2. The molecule has 0 radical (unpaired) electrons. The molecule has 0 fully saturated rings. The molecule has 0 aliphatic rings. The van der Waals surface area contributed by atoms with Gasteiger partial charge in [0, 0.05) is 17.8 Å². The number of hydrogen-bond donors (Lipinski definition) is 1. The SMILES string of the molecule is C[C@@H](C#N)NC(=O)c1ccc(COc2cccc(Br)n2)cn1. The number of aromatic nitrogens is 2. The third-order valence-corrected chi connectivity index (χ3v) is 3.12. The molecule has 2 aromatic rings. The van der Waals surface area contributed by atoms with E-state index in [2.05, 4.69) is 31.2 Å². The number of rotatable bonds is 5. The van der Waals surface area contributed by atoms with Crippen LogP contribution in [-0.2, 0) is 6.61 Å². The Morgan fingerprint density at radius 1 is 1.45 bits per heavy atom. The molecule has 0 unspecified atom stereocenters. The van der Waals surface area contributed by atoms with Crippen LogP contribution in [0.4, 0.5) is 0 Å². The lowest BCUT2D eigenvalue weighted by molar-refractivity contribution is 0.0942. The summed E-state index contributed by atoms with van der Waals surface area (Å²) in [5.74, 6) is 0.120. The summed E-state index contributed by atoms with van der Waals surface area (Å²) in [5.41, 5.74) is 1.07. The van der Waals surface area contributed by atoms with E-state index in [0.717, 1.165) is 5.56 Å². The Balaban J connectivity index is 1.94. The molecule has 2 aromatic heterocycles. The molecule has 0 aliphatic carbocycles. The van der Waals surface area contributed by atoms with Crippen LogP contribution >= 0.6 is 15.9 Å². The number of nitrogens with one attached hydrogen (secondary N) is 1. The summed E-state index contributed by atoms with van der Waals surface area (Å²) in [5, 5.41) is 11.2. The largest absolute Gasteiger partial charge is 0.473 e. The molecule has 0 aliphatic heterocycles. The summed E-state index contributed by atoms with van der Waals surface area (Å²) >= 11 is 3.27. The third-order valence-electron chi connectivity index (χ3n) is 2.67. The van der Waals surface area contributed by atoms with Crippen LogP contribution in [0.2, 0.25) is 0 Å². The highest BCUT2D eigenvalue weighted by Crippen LogP contribution is 2.13. The van der Waals surface area contributed by atoms with Gasteiger partial charge in [0.25, 0.3) is 5.91 Å². The monoisotopic (exact) mass is 360 g/mol. The normalized spacial score (nSPS) is 11.3. The Morgan fingerprint density at radius 3 is 2.91 bits per heavy atom. The van der Waals surface area contributed by atoms with Crippen molar-refractivity contribution < 1.29 is 9.53 Å². The van der Waals surface area contributed by atoms with Crippen LogP contribution < -0.4 is 10.1 Å². The predicted molar refractivity (Wildman–Crippen MR) is 83.0 cm³/mol. The molecule has 22 heavy (non-hydrogen) atoms. The second-order valence-corrected chi connectivity index (χ2v) is 5.28. The van der Waals surface area contributed by atoms with Crippen molar-refractivity contribution in [1.29, 1.82) is 5.26 Å². The number of nitrogens with zero attached hydrogens (tertiary/aromatic N) is 3. The standard InChI is InChI=1S/C15H13BrN4O2/c1-10(7-17)19-15(21)12-6-5-11(8-18-12)9-22-14-4-2-3-13(16)20-14/h2-6,8,10H,9H2,1H3,(H,19,21)/t10-/m0/s1. The zero-order valence-corrected chi connectivity index (χ0v) is 13.4. The number of ether oxygens (including phenoxy) is 1. The quantitative estimate of drug-likeness (QED) is 0.827. The van der Waals surface area contributed by atoms with E-state index in [1.165, 1.54) is 0 Å². The molecular weight excluding hydrogens is 348 g/mol. The molecule has 0 saturated heterocycles. The van der Waals surface area contributed by atoms with E-state index in [1.54, 1.807) is 31.3 Å². The topological polar surface area (TPSA) is 87.9 Å². The highest BCUT2D eigenvalue weighted by atomic mass is 79.9. The molecule has 0 bridgehead atoms. The second-order valence-electron chi connectivity index (χ2n) is 4.46. The molecule has 1 N–H and O–H groups in total. The fourth-order valence-electron chi connectivity index (χ4n) is 1.57. The molecule has 1 atom stereocenters. The average molecular weight is 361 g/mol. The van der Waals surface area contributed by atoms with Gasteiger partial charge in [-0.05, 0) is 35.0 Å². The average Bonchev–Trinajstić information content (AvgIpc) is 2.53. The van der Waals surface area contributed by atoms with Gasteiger partial charge < -0.3 is 10.1 Å². The van der Waals surface area contributed by atoms with Crippen LogP contribution in [0.1, 0.15) is 23.0 Å². The van der Waals surface area contributed by atoms with Gasteiger partial charge >= 0.3 is 0 Å². The smallest absolute Gasteiger partial charge is 0.270 e. The first kappa shape index (κ1) is 15.9. The van der Waals surface area contributed by atoms with Gasteiger partial charge in [-0.15, -0.1) is 0 Å². The van der Waals surface area contributed by atoms with Crippen molar-refractivity contribution in [3.8, 4) is 11.9 Å². The molecule has 112 valence electrons. The van der Waals surface area contributed by atoms with Crippen molar-refractivity contribution in [3.63, 3.8) is 0 Å². The van der Waals surface area contributed by atoms with Crippen molar-refractivity contribution >= 4 is 21.8 Å². The highest BCUT2D eigenvalue weighted by molar-refractivity contribution is 9.10. The van der Waals surface area contributed by atoms with E-state index in [9.17, 15) is 4.79 Å². The van der Waals surface area contributed by atoms with Crippen LogP contribution in [0, 0.1) is 11.3 Å². The minimum absolute atomic E-state index is 0.256. The van der Waals surface area contributed by atoms with Crippen molar-refractivity contribution in [2.75, 3.05) is 0 Å². The van der Waals surface area contributed by atoms with Crippen LogP contribution in [0.25, 0.3) is 0 Å². The third kappa shape index (κ3) is 4.53. The van der Waals surface area contributed by atoms with Gasteiger partial charge in [-0.1, -0.05) is 12.1 Å². The van der Waals surface area contributed by atoms with Gasteiger partial charge in [0.15, 0.2) is 0 Å². The van der Waals surface area contributed by atoms with Crippen LogP contribution in [0.15, 0.2) is 41.1 Å². The van der Waals surface area contributed by atoms with Gasteiger partial charge in [0.2, 0.25) is 5.88 Å². The van der Waals surface area contributed by atoms with E-state index < -0.39 is 6.04 Å². The number of nitriles is 1. The van der Waals surface area contributed by atoms with E-state index >= 15 is 0 Å². The maximum absolute atomic E-state index is 11.8. The van der Waals surface area contributed by atoms with E-state index in [0.29, 0.717) is 17.1 Å². The maximum atomic E-state index is 11.8. The lowest BCUT2D eigenvalue weighted by atomic mass is 10.2. The lowest BCUT2D eigenvalue weighted by Crippen LogP contribution is -2.31. The Hall–Kier alpha value is -2.46. The second kappa shape index (κ2) is 7.52. The molecule has 7 heteroatoms. The summed E-state index contributed by atoms with van der Waals surface area (Å²) in [6.07, 6.45) is 1.56. The predicted octanol–water partition coefficient (Wildman–Crippen LogP) is 2.46. The molecule has 0 spiro atoms. The van der Waals surface area contributed by atoms with Crippen LogP contribution in [0.3, 0.4) is 0 Å². The molecule has 6 nitrogen and oxygen atoms in total. The fourth-order valence-corrected chi connectivity index (χ4v) is 1.90. The number of carbonyl (C=O) groups excluding carboxylic acids is 1. The Kier molecular flexibility index (Phi) is 5.44. The minimum Gasteiger partial charge on any atom is -0.473 e. The lowest BCUT2D eigenvalue weighted by Gasteiger charge is -2.07. The summed E-state index contributed by atoms with van der Waals surface area (Å²) in [6.45, 7) is 1.90. The van der Waals surface area contributed by atoms with E-state index in [1.807, 2.05) is 18.2 Å². The summed E-state index contributed by atoms with van der Waals surface area (Å²) in [6, 6.07) is 10.1. The molecule has 2 rings (SSSR count). The van der Waals surface area contributed by atoms with Gasteiger partial charge in [-0.3, -0.25) is 9.78 Å². The zero-order valence-electron chi connectivity index (χ0n) is 11.8. The Labute approximate surface area is 136 Å². The fraction of sp³-hybridized carbons (Fsp3) is 0.200. The summed E-state index contributed by atoms with van der Waals surface area (Å²) < 4.78 is 6.23. The number of halogens is 1. The molecule has 0 saturated carbocycles. The first-order valence-electron chi connectivity index (χ1n) is 6.49. The van der Waals surface area contributed by atoms with E-state index in [-0.39, 0.29) is 11.6 Å². The van der Waals surface area contributed by atoms with Crippen molar-refractivity contribution in [2.45, 2.75) is 19.6 Å². The first-order chi connectivity index (χ1) is 10.6.